The maximum Gasteiger partial charge on any atom is 0.312 e. The topological polar surface area (TPSA) is 57.5 Å². The van der Waals surface area contributed by atoms with Gasteiger partial charge >= 0.3 is 5.97 Å². The van der Waals surface area contributed by atoms with E-state index in [9.17, 15) is 9.90 Å². The van der Waals surface area contributed by atoms with E-state index in [2.05, 4.69) is 0 Å². The van der Waals surface area contributed by atoms with Crippen LogP contribution in [0.25, 0.3) is 0 Å². The van der Waals surface area contributed by atoms with Crippen LogP contribution in [0.1, 0.15) is 25.7 Å². The molecule has 0 unspecified atom stereocenters. The van der Waals surface area contributed by atoms with E-state index in [1.807, 2.05) is 0 Å². The Bertz CT molecular complexity index is 229. The van der Waals surface area contributed by atoms with Crippen molar-refractivity contribution in [2.24, 2.45) is 5.41 Å². The summed E-state index contributed by atoms with van der Waals surface area (Å²) in [5.74, 6) is 0.985. The zero-order valence-electron chi connectivity index (χ0n) is 7.45. The minimum absolute atomic E-state index is 0.643. The highest BCUT2D eigenvalue weighted by molar-refractivity contribution is 7.99. The van der Waals surface area contributed by atoms with E-state index in [0.717, 1.165) is 11.5 Å². The monoisotopic (exact) mass is 202 g/mol. The molecule has 1 aliphatic carbocycles. The van der Waals surface area contributed by atoms with E-state index in [4.69, 9.17) is 5.11 Å². The van der Waals surface area contributed by atoms with E-state index in [-0.39, 0.29) is 0 Å². The lowest BCUT2D eigenvalue weighted by Gasteiger charge is -2.37. The fourth-order valence-electron chi connectivity index (χ4n) is 2.19. The molecule has 4 heteroatoms. The van der Waals surface area contributed by atoms with E-state index >= 15 is 0 Å². The Morgan fingerprint density at radius 2 is 1.69 bits per heavy atom. The number of carbonyl (C=O) groups is 1. The van der Waals surface area contributed by atoms with Crippen LogP contribution in [0.2, 0.25) is 0 Å². The number of thioether (sulfide) groups is 1. The van der Waals surface area contributed by atoms with Crippen LogP contribution >= 0.6 is 11.8 Å². The van der Waals surface area contributed by atoms with E-state index in [1.165, 1.54) is 0 Å². The molecule has 1 aliphatic heterocycles. The standard InChI is InChI=1S/C9H14O3S/c10-7(11)8(1-2-8)9(12)3-5-13-6-4-9/h12H,1-6H2,(H,10,11). The first-order valence-electron chi connectivity index (χ1n) is 4.64. The average Bonchev–Trinajstić information content (AvgIpc) is 2.85. The summed E-state index contributed by atoms with van der Waals surface area (Å²) in [4.78, 5) is 11.0. The fraction of sp³-hybridized carbons (Fsp3) is 0.889. The lowest BCUT2D eigenvalue weighted by Crippen LogP contribution is -2.47. The first-order chi connectivity index (χ1) is 6.11. The summed E-state index contributed by atoms with van der Waals surface area (Å²) >= 11 is 1.80. The lowest BCUT2D eigenvalue weighted by atomic mass is 9.79. The molecule has 1 heterocycles. The predicted molar refractivity (Wildman–Crippen MR) is 50.8 cm³/mol. The van der Waals surface area contributed by atoms with Gasteiger partial charge in [0.25, 0.3) is 0 Å². The van der Waals surface area contributed by atoms with Crippen LogP contribution in [-0.4, -0.2) is 33.3 Å². The second-order valence-electron chi connectivity index (χ2n) is 4.03. The molecular formula is C9H14O3S. The summed E-state index contributed by atoms with van der Waals surface area (Å²) in [6.45, 7) is 0. The Labute approximate surface area is 81.5 Å². The molecule has 2 fully saturated rings. The molecule has 0 amide bonds. The van der Waals surface area contributed by atoms with Crippen molar-refractivity contribution in [2.45, 2.75) is 31.3 Å². The highest BCUT2D eigenvalue weighted by Gasteiger charge is 2.64. The van der Waals surface area contributed by atoms with Crippen molar-refractivity contribution in [1.82, 2.24) is 0 Å². The van der Waals surface area contributed by atoms with E-state index < -0.39 is 17.0 Å². The van der Waals surface area contributed by atoms with Gasteiger partial charge in [0.15, 0.2) is 0 Å². The normalized spacial score (nSPS) is 29.6. The molecule has 2 aliphatic rings. The maximum absolute atomic E-state index is 11.0. The summed E-state index contributed by atoms with van der Waals surface area (Å²) in [7, 11) is 0. The molecule has 0 aromatic carbocycles. The van der Waals surface area contributed by atoms with Gasteiger partial charge in [-0.05, 0) is 37.2 Å². The zero-order chi connectivity index (χ0) is 9.53. The van der Waals surface area contributed by atoms with Gasteiger partial charge in [-0.3, -0.25) is 4.79 Å². The molecule has 0 bridgehead atoms. The Balaban J connectivity index is 2.17. The molecule has 13 heavy (non-hydrogen) atoms. The number of aliphatic carboxylic acids is 1. The van der Waals surface area contributed by atoms with Gasteiger partial charge in [0.2, 0.25) is 0 Å². The van der Waals surface area contributed by atoms with Crippen LogP contribution in [0.15, 0.2) is 0 Å². The predicted octanol–water partition coefficient (Wildman–Crippen LogP) is 1.11. The molecule has 0 spiro atoms. The van der Waals surface area contributed by atoms with Gasteiger partial charge in [-0.15, -0.1) is 0 Å². The highest BCUT2D eigenvalue weighted by atomic mass is 32.2. The van der Waals surface area contributed by atoms with Gasteiger partial charge < -0.3 is 10.2 Å². The van der Waals surface area contributed by atoms with Crippen molar-refractivity contribution >= 4 is 17.7 Å². The molecule has 2 rings (SSSR count). The highest BCUT2D eigenvalue weighted by Crippen LogP contribution is 2.58. The van der Waals surface area contributed by atoms with Gasteiger partial charge in [-0.25, -0.2) is 0 Å². The van der Waals surface area contributed by atoms with E-state index in [1.54, 1.807) is 11.8 Å². The summed E-state index contributed by atoms with van der Waals surface area (Å²) in [5.41, 5.74) is -1.70. The Hall–Kier alpha value is -0.220. The smallest absolute Gasteiger partial charge is 0.312 e. The van der Waals surface area contributed by atoms with Crippen LogP contribution < -0.4 is 0 Å². The van der Waals surface area contributed by atoms with Crippen molar-refractivity contribution in [1.29, 1.82) is 0 Å². The molecule has 0 aromatic rings. The van der Waals surface area contributed by atoms with Crippen molar-refractivity contribution in [2.75, 3.05) is 11.5 Å². The third-order valence-electron chi connectivity index (χ3n) is 3.37. The summed E-state index contributed by atoms with van der Waals surface area (Å²) < 4.78 is 0. The molecule has 0 radical (unpaired) electrons. The van der Waals surface area contributed by atoms with Crippen LogP contribution in [-0.2, 0) is 4.79 Å². The number of hydrogen-bond acceptors (Lipinski definition) is 3. The first kappa shape index (κ1) is 9.34. The number of rotatable bonds is 2. The summed E-state index contributed by atoms with van der Waals surface area (Å²) in [5, 5.41) is 19.3. The SMILES string of the molecule is O=C(O)C1(C2(O)CCSCC2)CC1. The maximum atomic E-state index is 11.0. The average molecular weight is 202 g/mol. The van der Waals surface area contributed by atoms with Gasteiger partial charge in [0.1, 0.15) is 0 Å². The van der Waals surface area contributed by atoms with Gasteiger partial charge in [-0.2, -0.15) is 11.8 Å². The minimum Gasteiger partial charge on any atom is -0.481 e. The summed E-state index contributed by atoms with van der Waals surface area (Å²) in [6.07, 6.45) is 2.60. The van der Waals surface area contributed by atoms with Crippen molar-refractivity contribution < 1.29 is 15.0 Å². The van der Waals surface area contributed by atoms with Crippen LogP contribution in [0.4, 0.5) is 0 Å². The van der Waals surface area contributed by atoms with Crippen LogP contribution in [0.5, 0.6) is 0 Å². The van der Waals surface area contributed by atoms with Crippen molar-refractivity contribution in [3.05, 3.63) is 0 Å². The molecule has 3 nitrogen and oxygen atoms in total. The zero-order valence-corrected chi connectivity index (χ0v) is 8.27. The molecule has 1 saturated carbocycles. The number of aliphatic hydroxyl groups is 1. The molecule has 1 saturated heterocycles. The first-order valence-corrected chi connectivity index (χ1v) is 5.80. The molecule has 2 N–H and O–H groups in total. The van der Waals surface area contributed by atoms with Crippen molar-refractivity contribution in [3.63, 3.8) is 0 Å². The molecule has 0 atom stereocenters. The third kappa shape index (κ3) is 1.27. The number of hydrogen-bond donors (Lipinski definition) is 2. The quantitative estimate of drug-likeness (QED) is 0.704. The van der Waals surface area contributed by atoms with Crippen molar-refractivity contribution in [3.8, 4) is 0 Å². The number of carboxylic acid groups (broad SMARTS) is 1. The summed E-state index contributed by atoms with van der Waals surface area (Å²) in [6, 6.07) is 0. The van der Waals surface area contributed by atoms with Crippen LogP contribution in [0.3, 0.4) is 0 Å². The third-order valence-corrected chi connectivity index (χ3v) is 4.36. The molecule has 0 aromatic heterocycles. The second-order valence-corrected chi connectivity index (χ2v) is 5.26. The van der Waals surface area contributed by atoms with Gasteiger partial charge in [0.05, 0.1) is 11.0 Å². The van der Waals surface area contributed by atoms with Gasteiger partial charge in [0, 0.05) is 0 Å². The van der Waals surface area contributed by atoms with Crippen LogP contribution in [0, 0.1) is 5.41 Å². The lowest BCUT2D eigenvalue weighted by molar-refractivity contribution is -0.156. The largest absolute Gasteiger partial charge is 0.481 e. The Morgan fingerprint density at radius 1 is 1.15 bits per heavy atom. The van der Waals surface area contributed by atoms with Gasteiger partial charge in [-0.1, -0.05) is 0 Å². The molecular weight excluding hydrogens is 188 g/mol. The van der Waals surface area contributed by atoms with E-state index in [0.29, 0.717) is 25.7 Å². The molecule has 74 valence electrons. The Morgan fingerprint density at radius 3 is 2.08 bits per heavy atom. The fourth-order valence-corrected chi connectivity index (χ4v) is 3.36. The minimum atomic E-state index is -0.913. The Kier molecular flexibility index (Phi) is 2.07. The number of carboxylic acids is 1. The second kappa shape index (κ2) is 2.89.